The topological polar surface area (TPSA) is 15.3 Å². The third kappa shape index (κ3) is 4.29. The van der Waals surface area contributed by atoms with E-state index < -0.39 is 0 Å². The zero-order valence-corrected chi connectivity index (χ0v) is 13.7. The van der Waals surface area contributed by atoms with Crippen molar-refractivity contribution in [2.24, 2.45) is 5.92 Å². The van der Waals surface area contributed by atoms with Crippen LogP contribution in [0.25, 0.3) is 0 Å². The molecule has 0 saturated heterocycles. The van der Waals surface area contributed by atoms with Gasteiger partial charge < -0.3 is 10.2 Å². The van der Waals surface area contributed by atoms with E-state index in [1.165, 1.54) is 15.7 Å². The number of benzene rings is 1. The van der Waals surface area contributed by atoms with Gasteiger partial charge in [0.25, 0.3) is 0 Å². The Kier molecular flexibility index (Phi) is 6.16. The molecule has 1 atom stereocenters. The summed E-state index contributed by atoms with van der Waals surface area (Å²) in [6.07, 6.45) is 0. The summed E-state index contributed by atoms with van der Waals surface area (Å²) in [6.45, 7) is 10.9. The van der Waals surface area contributed by atoms with Crippen LogP contribution in [0.15, 0.2) is 22.7 Å². The molecular weight excluding hydrogens is 288 g/mol. The molecule has 3 heteroatoms. The van der Waals surface area contributed by atoms with Crippen molar-refractivity contribution >= 4 is 21.6 Å². The average molecular weight is 313 g/mol. The molecule has 0 aliphatic carbocycles. The average Bonchev–Trinajstić information content (AvgIpc) is 2.28. The summed E-state index contributed by atoms with van der Waals surface area (Å²) in [4.78, 5) is 2.30. The number of rotatable bonds is 6. The Labute approximate surface area is 120 Å². The van der Waals surface area contributed by atoms with Crippen LogP contribution in [-0.2, 0) is 0 Å². The molecule has 1 aromatic rings. The van der Waals surface area contributed by atoms with Crippen molar-refractivity contribution in [2.45, 2.75) is 33.7 Å². The molecule has 0 aromatic heterocycles. The molecule has 0 spiro atoms. The van der Waals surface area contributed by atoms with E-state index in [9.17, 15) is 0 Å². The van der Waals surface area contributed by atoms with Crippen LogP contribution in [0.5, 0.6) is 0 Å². The number of hydrogen-bond donors (Lipinski definition) is 1. The monoisotopic (exact) mass is 312 g/mol. The number of nitrogens with zero attached hydrogens (tertiary/aromatic N) is 1. The Morgan fingerprint density at radius 3 is 2.44 bits per heavy atom. The Morgan fingerprint density at radius 2 is 1.94 bits per heavy atom. The molecule has 102 valence electrons. The molecule has 1 rings (SSSR count). The van der Waals surface area contributed by atoms with Crippen molar-refractivity contribution in [3.8, 4) is 0 Å². The van der Waals surface area contributed by atoms with Crippen LogP contribution in [0, 0.1) is 5.92 Å². The summed E-state index contributed by atoms with van der Waals surface area (Å²) in [5, 5.41) is 3.44. The number of anilines is 1. The first-order chi connectivity index (χ1) is 8.45. The van der Waals surface area contributed by atoms with Gasteiger partial charge in [0, 0.05) is 29.8 Å². The fraction of sp³-hybridized carbons (Fsp3) is 0.600. The summed E-state index contributed by atoms with van der Waals surface area (Å²) < 4.78 is 1.18. The molecule has 1 unspecified atom stereocenters. The second-order valence-electron chi connectivity index (χ2n) is 5.26. The molecule has 2 nitrogen and oxygen atoms in total. The van der Waals surface area contributed by atoms with Crippen LogP contribution in [0.3, 0.4) is 0 Å². The zero-order valence-electron chi connectivity index (χ0n) is 12.1. The second kappa shape index (κ2) is 7.15. The van der Waals surface area contributed by atoms with Crippen molar-refractivity contribution in [1.29, 1.82) is 0 Å². The molecule has 0 heterocycles. The summed E-state index contributed by atoms with van der Waals surface area (Å²) in [7, 11) is 2.15. The molecule has 1 aromatic carbocycles. The van der Waals surface area contributed by atoms with Gasteiger partial charge >= 0.3 is 0 Å². The second-order valence-corrected chi connectivity index (χ2v) is 6.11. The highest BCUT2D eigenvalue weighted by Gasteiger charge is 2.10. The molecule has 0 bridgehead atoms. The molecule has 0 saturated carbocycles. The van der Waals surface area contributed by atoms with Gasteiger partial charge in [-0.2, -0.15) is 0 Å². The van der Waals surface area contributed by atoms with Crippen molar-refractivity contribution in [1.82, 2.24) is 5.32 Å². The lowest BCUT2D eigenvalue weighted by atomic mass is 10.1. The summed E-state index contributed by atoms with van der Waals surface area (Å²) in [6, 6.07) is 7.01. The maximum absolute atomic E-state index is 3.69. The molecule has 0 aliphatic rings. The zero-order chi connectivity index (χ0) is 13.7. The van der Waals surface area contributed by atoms with Gasteiger partial charge in [0.1, 0.15) is 0 Å². The van der Waals surface area contributed by atoms with Gasteiger partial charge in [0.15, 0.2) is 0 Å². The van der Waals surface area contributed by atoms with Gasteiger partial charge in [0.05, 0.1) is 0 Å². The van der Waals surface area contributed by atoms with Gasteiger partial charge in [0.2, 0.25) is 0 Å². The normalized spacial score (nSPS) is 12.8. The summed E-state index contributed by atoms with van der Waals surface area (Å²) >= 11 is 3.69. The van der Waals surface area contributed by atoms with E-state index in [1.807, 2.05) is 0 Å². The fourth-order valence-corrected chi connectivity index (χ4v) is 2.88. The van der Waals surface area contributed by atoms with E-state index in [2.05, 4.69) is 79.1 Å². The Morgan fingerprint density at radius 1 is 1.28 bits per heavy atom. The van der Waals surface area contributed by atoms with Crippen LogP contribution in [0.1, 0.15) is 39.3 Å². The highest BCUT2D eigenvalue weighted by Crippen LogP contribution is 2.28. The van der Waals surface area contributed by atoms with E-state index >= 15 is 0 Å². The number of nitrogens with one attached hydrogen (secondary N) is 1. The van der Waals surface area contributed by atoms with Gasteiger partial charge in [-0.05, 0) is 37.1 Å². The summed E-state index contributed by atoms with van der Waals surface area (Å²) in [5.74, 6) is 0.675. The molecule has 1 N–H and O–H groups in total. The maximum atomic E-state index is 3.69. The molecule has 0 aliphatic heterocycles. The van der Waals surface area contributed by atoms with Gasteiger partial charge in [-0.25, -0.2) is 0 Å². The van der Waals surface area contributed by atoms with Crippen molar-refractivity contribution < 1.29 is 0 Å². The van der Waals surface area contributed by atoms with Crippen LogP contribution in [0.2, 0.25) is 0 Å². The third-order valence-corrected chi connectivity index (χ3v) is 3.73. The molecular formula is C15H25BrN2. The van der Waals surface area contributed by atoms with E-state index in [0.29, 0.717) is 12.0 Å². The van der Waals surface area contributed by atoms with E-state index in [1.54, 1.807) is 0 Å². The minimum Gasteiger partial charge on any atom is -0.374 e. The Bertz CT molecular complexity index is 377. The molecule has 0 radical (unpaired) electrons. The maximum Gasteiger partial charge on any atom is 0.0375 e. The lowest BCUT2D eigenvalue weighted by molar-refractivity contribution is 0.595. The number of halogens is 1. The highest BCUT2D eigenvalue weighted by atomic mass is 79.9. The van der Waals surface area contributed by atoms with E-state index in [-0.39, 0.29) is 0 Å². The SMILES string of the molecule is CCNC(C)c1ccc(N(C)CC(C)C)cc1Br. The lowest BCUT2D eigenvalue weighted by Crippen LogP contribution is -2.23. The van der Waals surface area contributed by atoms with Gasteiger partial charge in [-0.1, -0.05) is 42.8 Å². The van der Waals surface area contributed by atoms with E-state index in [0.717, 1.165) is 13.1 Å². The first-order valence-electron chi connectivity index (χ1n) is 6.69. The van der Waals surface area contributed by atoms with Crippen molar-refractivity contribution in [2.75, 3.05) is 25.0 Å². The first-order valence-corrected chi connectivity index (χ1v) is 7.49. The van der Waals surface area contributed by atoms with E-state index in [4.69, 9.17) is 0 Å². The van der Waals surface area contributed by atoms with Crippen LogP contribution in [-0.4, -0.2) is 20.1 Å². The predicted octanol–water partition coefficient (Wildman–Crippen LogP) is 4.21. The highest BCUT2D eigenvalue weighted by molar-refractivity contribution is 9.10. The largest absolute Gasteiger partial charge is 0.374 e. The fourth-order valence-electron chi connectivity index (χ4n) is 2.17. The minimum absolute atomic E-state index is 0.383. The lowest BCUT2D eigenvalue weighted by Gasteiger charge is -2.23. The van der Waals surface area contributed by atoms with Crippen LogP contribution < -0.4 is 10.2 Å². The smallest absolute Gasteiger partial charge is 0.0375 e. The predicted molar refractivity (Wildman–Crippen MR) is 84.3 cm³/mol. The standard InChI is InChI=1S/C15H25BrN2/c1-6-17-12(4)14-8-7-13(9-15(14)16)18(5)10-11(2)3/h7-9,11-12,17H,6,10H2,1-5H3. The molecule has 18 heavy (non-hydrogen) atoms. The summed E-state index contributed by atoms with van der Waals surface area (Å²) in [5.41, 5.74) is 2.58. The molecule has 0 amide bonds. The first kappa shape index (κ1) is 15.5. The van der Waals surface area contributed by atoms with Crippen LogP contribution in [0.4, 0.5) is 5.69 Å². The van der Waals surface area contributed by atoms with Crippen LogP contribution >= 0.6 is 15.9 Å². The third-order valence-electron chi connectivity index (χ3n) is 3.04. The Hall–Kier alpha value is -0.540. The van der Waals surface area contributed by atoms with Gasteiger partial charge in [-0.15, -0.1) is 0 Å². The quantitative estimate of drug-likeness (QED) is 0.846. The minimum atomic E-state index is 0.383. The van der Waals surface area contributed by atoms with Crippen molar-refractivity contribution in [3.05, 3.63) is 28.2 Å². The van der Waals surface area contributed by atoms with Crippen molar-refractivity contribution in [3.63, 3.8) is 0 Å². The Balaban J connectivity index is 2.85. The number of hydrogen-bond acceptors (Lipinski definition) is 2. The van der Waals surface area contributed by atoms with Gasteiger partial charge in [-0.3, -0.25) is 0 Å². The molecule has 0 fully saturated rings.